The lowest BCUT2D eigenvalue weighted by Gasteiger charge is -2.29. The van der Waals surface area contributed by atoms with Crippen LogP contribution in [0.1, 0.15) is 82.6 Å². The number of allylic oxidation sites excluding steroid dienone is 2. The van der Waals surface area contributed by atoms with Gasteiger partial charge in [-0.2, -0.15) is 8.78 Å². The average Bonchev–Trinajstić information content (AvgIpc) is 2.64. The second kappa shape index (κ2) is 11.4. The monoisotopic (exact) mass is 386 g/mol. The third-order valence-corrected chi connectivity index (χ3v) is 5.40. The van der Waals surface area contributed by atoms with Gasteiger partial charge in [0.15, 0.2) is 17.4 Å². The molecule has 0 N–H and O–H groups in total. The molecular weight excluding hydrogens is 356 g/mol. The summed E-state index contributed by atoms with van der Waals surface area (Å²) in [4.78, 5) is 0. The second-order valence-corrected chi connectivity index (χ2v) is 7.45. The van der Waals surface area contributed by atoms with Crippen LogP contribution in [0.3, 0.4) is 0 Å². The Morgan fingerprint density at radius 3 is 2.22 bits per heavy atom. The summed E-state index contributed by atoms with van der Waals surface area (Å²) in [5.74, 6) is -2.33. The van der Waals surface area contributed by atoms with Crippen LogP contribution in [-0.2, 0) is 0 Å². The highest BCUT2D eigenvalue weighted by Crippen LogP contribution is 2.39. The lowest BCUT2D eigenvalue weighted by atomic mass is 9.77. The minimum absolute atomic E-state index is 0.0860. The Kier molecular flexibility index (Phi) is 9.16. The SMILES string of the molecule is CCCC=CCCCCC1CCC(c2cc(F)c(OC(F)F)c(F)c2)CC1. The minimum atomic E-state index is -3.24. The molecule has 0 amide bonds. The highest BCUT2D eigenvalue weighted by molar-refractivity contribution is 5.33. The Hall–Kier alpha value is -1.52. The van der Waals surface area contributed by atoms with Crippen molar-refractivity contribution in [1.29, 1.82) is 0 Å². The van der Waals surface area contributed by atoms with Crippen molar-refractivity contribution < 1.29 is 22.3 Å². The third-order valence-electron chi connectivity index (χ3n) is 5.40. The third kappa shape index (κ3) is 7.19. The first-order chi connectivity index (χ1) is 13.0. The molecule has 1 aromatic rings. The van der Waals surface area contributed by atoms with Crippen LogP contribution >= 0.6 is 0 Å². The summed E-state index contributed by atoms with van der Waals surface area (Å²) in [5, 5.41) is 0. The average molecular weight is 386 g/mol. The highest BCUT2D eigenvalue weighted by Gasteiger charge is 2.25. The van der Waals surface area contributed by atoms with Gasteiger partial charge in [-0.25, -0.2) is 8.78 Å². The first kappa shape index (κ1) is 21.8. The number of unbranched alkanes of at least 4 members (excludes halogenated alkanes) is 3. The maximum absolute atomic E-state index is 13.9. The van der Waals surface area contributed by atoms with Crippen molar-refractivity contribution in [1.82, 2.24) is 0 Å². The standard InChI is InChI=1S/C22H30F4O/c1-2-3-4-5-6-7-8-9-16-10-12-17(13-11-16)18-14-19(23)21(20(24)15-18)27-22(25)26/h4-5,14-17,22H,2-3,6-13H2,1H3. The summed E-state index contributed by atoms with van der Waals surface area (Å²) < 4.78 is 56.2. The van der Waals surface area contributed by atoms with Crippen molar-refractivity contribution >= 4 is 0 Å². The molecule has 152 valence electrons. The van der Waals surface area contributed by atoms with Crippen LogP contribution in [-0.4, -0.2) is 6.61 Å². The number of ether oxygens (including phenoxy) is 1. The summed E-state index contributed by atoms with van der Waals surface area (Å²) in [6.07, 6.45) is 15.5. The second-order valence-electron chi connectivity index (χ2n) is 7.45. The number of rotatable bonds is 10. The largest absolute Gasteiger partial charge is 0.429 e. The lowest BCUT2D eigenvalue weighted by molar-refractivity contribution is -0.0546. The molecule has 5 heteroatoms. The predicted octanol–water partition coefficient (Wildman–Crippen LogP) is 7.76. The molecule has 1 nitrogen and oxygen atoms in total. The number of halogens is 4. The number of hydrogen-bond acceptors (Lipinski definition) is 1. The molecule has 1 aliphatic carbocycles. The Labute approximate surface area is 159 Å². The summed E-state index contributed by atoms with van der Waals surface area (Å²) in [6, 6.07) is 2.29. The lowest BCUT2D eigenvalue weighted by Crippen LogP contribution is -2.14. The topological polar surface area (TPSA) is 9.23 Å². The van der Waals surface area contributed by atoms with E-state index in [2.05, 4.69) is 23.8 Å². The van der Waals surface area contributed by atoms with Crippen molar-refractivity contribution in [3.8, 4) is 5.75 Å². The first-order valence-electron chi connectivity index (χ1n) is 10.1. The maximum Gasteiger partial charge on any atom is 0.387 e. The summed E-state index contributed by atoms with van der Waals surface area (Å²) in [5.41, 5.74) is 0.547. The molecule has 1 aliphatic rings. The van der Waals surface area contributed by atoms with Crippen molar-refractivity contribution in [3.05, 3.63) is 41.5 Å². The summed E-state index contributed by atoms with van der Waals surface area (Å²) in [6.45, 7) is -1.06. The molecule has 0 spiro atoms. The van der Waals surface area contributed by atoms with Gasteiger partial charge in [0.2, 0.25) is 0 Å². The van der Waals surface area contributed by atoms with Crippen LogP contribution in [0.15, 0.2) is 24.3 Å². The molecule has 0 unspecified atom stereocenters. The molecule has 0 aromatic heterocycles. The van der Waals surface area contributed by atoms with Gasteiger partial charge in [-0.05, 0) is 74.5 Å². The molecule has 0 radical (unpaired) electrons. The summed E-state index contributed by atoms with van der Waals surface area (Å²) in [7, 11) is 0. The molecule has 1 saturated carbocycles. The minimum Gasteiger partial charge on any atom is -0.429 e. The zero-order chi connectivity index (χ0) is 19.6. The summed E-state index contributed by atoms with van der Waals surface area (Å²) >= 11 is 0. The van der Waals surface area contributed by atoms with E-state index in [0.29, 0.717) is 11.5 Å². The van der Waals surface area contributed by atoms with E-state index in [0.717, 1.165) is 50.7 Å². The van der Waals surface area contributed by atoms with Crippen LogP contribution in [0.4, 0.5) is 17.6 Å². The van der Waals surface area contributed by atoms with Crippen molar-refractivity contribution in [2.45, 2.75) is 83.7 Å². The van der Waals surface area contributed by atoms with Crippen molar-refractivity contribution in [3.63, 3.8) is 0 Å². The van der Waals surface area contributed by atoms with E-state index in [1.807, 2.05) is 0 Å². The van der Waals surface area contributed by atoms with Crippen LogP contribution in [0, 0.1) is 17.6 Å². The van der Waals surface area contributed by atoms with Gasteiger partial charge in [0.25, 0.3) is 0 Å². The fourth-order valence-corrected chi connectivity index (χ4v) is 3.90. The molecule has 0 atom stereocenters. The Morgan fingerprint density at radius 1 is 1.00 bits per heavy atom. The quantitative estimate of drug-likeness (QED) is 0.227. The van der Waals surface area contributed by atoms with Gasteiger partial charge in [0, 0.05) is 0 Å². The fourth-order valence-electron chi connectivity index (χ4n) is 3.90. The molecule has 0 bridgehead atoms. The van der Waals surface area contributed by atoms with Gasteiger partial charge in [-0.3, -0.25) is 0 Å². The predicted molar refractivity (Wildman–Crippen MR) is 100 cm³/mol. The number of benzene rings is 1. The number of alkyl halides is 2. The Bertz CT molecular complexity index is 569. The molecule has 2 rings (SSSR count). The maximum atomic E-state index is 13.9. The van der Waals surface area contributed by atoms with Crippen LogP contribution in [0.2, 0.25) is 0 Å². The van der Waals surface area contributed by atoms with Gasteiger partial charge in [-0.15, -0.1) is 0 Å². The smallest absolute Gasteiger partial charge is 0.387 e. The van der Waals surface area contributed by atoms with Crippen LogP contribution in [0.25, 0.3) is 0 Å². The number of hydrogen-bond donors (Lipinski definition) is 0. The van der Waals surface area contributed by atoms with Gasteiger partial charge < -0.3 is 4.74 Å². The van der Waals surface area contributed by atoms with E-state index in [9.17, 15) is 17.6 Å². The molecule has 0 saturated heterocycles. The van der Waals surface area contributed by atoms with Crippen LogP contribution in [0.5, 0.6) is 5.75 Å². The zero-order valence-electron chi connectivity index (χ0n) is 16.0. The molecule has 0 aliphatic heterocycles. The van der Waals surface area contributed by atoms with Gasteiger partial charge >= 0.3 is 6.61 Å². The Balaban J connectivity index is 1.77. The molecule has 27 heavy (non-hydrogen) atoms. The first-order valence-corrected chi connectivity index (χ1v) is 10.1. The van der Waals surface area contributed by atoms with Crippen molar-refractivity contribution in [2.24, 2.45) is 5.92 Å². The van der Waals surface area contributed by atoms with Crippen molar-refractivity contribution in [2.75, 3.05) is 0 Å². The van der Waals surface area contributed by atoms with Crippen LogP contribution < -0.4 is 4.74 Å². The normalized spacial score (nSPS) is 20.5. The van der Waals surface area contributed by atoms with E-state index in [1.54, 1.807) is 0 Å². The molecule has 1 aromatic carbocycles. The van der Waals surface area contributed by atoms with E-state index in [-0.39, 0.29) is 5.92 Å². The highest BCUT2D eigenvalue weighted by atomic mass is 19.3. The van der Waals surface area contributed by atoms with Gasteiger partial charge in [0.1, 0.15) is 0 Å². The van der Waals surface area contributed by atoms with E-state index < -0.39 is 24.0 Å². The molecule has 0 heterocycles. The Morgan fingerprint density at radius 2 is 1.63 bits per heavy atom. The van der Waals surface area contributed by atoms with Gasteiger partial charge in [-0.1, -0.05) is 38.3 Å². The van der Waals surface area contributed by atoms with E-state index in [1.165, 1.54) is 25.7 Å². The van der Waals surface area contributed by atoms with E-state index >= 15 is 0 Å². The fraction of sp³-hybridized carbons (Fsp3) is 0.636. The zero-order valence-corrected chi connectivity index (χ0v) is 16.0. The molecule has 1 fully saturated rings. The van der Waals surface area contributed by atoms with Gasteiger partial charge in [0.05, 0.1) is 0 Å². The van der Waals surface area contributed by atoms with E-state index in [4.69, 9.17) is 0 Å². The molecular formula is C22H30F4O.